The normalized spacial score (nSPS) is 11.3. The van der Waals surface area contributed by atoms with Crippen LogP contribution < -0.4 is 9.46 Å². The summed E-state index contributed by atoms with van der Waals surface area (Å²) in [5, 5.41) is 0. The van der Waals surface area contributed by atoms with Crippen molar-refractivity contribution in [3.63, 3.8) is 0 Å². The van der Waals surface area contributed by atoms with Crippen molar-refractivity contribution < 1.29 is 13.2 Å². The van der Waals surface area contributed by atoms with Crippen LogP contribution in [0, 0.1) is 0 Å². The minimum atomic E-state index is -3.08. The number of ether oxygens (including phenoxy) is 1. The lowest BCUT2D eigenvalue weighted by Gasteiger charge is -2.04. The van der Waals surface area contributed by atoms with Crippen molar-refractivity contribution in [3.8, 4) is 5.75 Å². The molecule has 0 radical (unpaired) electrons. The summed E-state index contributed by atoms with van der Waals surface area (Å²) in [7, 11) is -1.47. The first-order valence-electron chi connectivity index (χ1n) is 4.59. The van der Waals surface area contributed by atoms with Crippen molar-refractivity contribution in [1.82, 2.24) is 4.72 Å². The predicted molar refractivity (Wildman–Crippen MR) is 59.5 cm³/mol. The topological polar surface area (TPSA) is 55.4 Å². The van der Waals surface area contributed by atoms with E-state index in [1.165, 1.54) is 0 Å². The Bertz CT molecular complexity index is 397. The third-order valence-electron chi connectivity index (χ3n) is 1.94. The van der Waals surface area contributed by atoms with Gasteiger partial charge in [-0.1, -0.05) is 12.1 Å². The van der Waals surface area contributed by atoms with Gasteiger partial charge in [0.2, 0.25) is 10.0 Å². The molecule has 1 N–H and O–H groups in total. The summed E-state index contributed by atoms with van der Waals surface area (Å²) in [6.07, 6.45) is 1.83. The minimum absolute atomic E-state index is 0.422. The average molecular weight is 229 g/mol. The maximum atomic E-state index is 10.8. The van der Waals surface area contributed by atoms with E-state index in [0.29, 0.717) is 13.0 Å². The van der Waals surface area contributed by atoms with Gasteiger partial charge in [0.15, 0.2) is 0 Å². The summed E-state index contributed by atoms with van der Waals surface area (Å²) in [5.41, 5.74) is 1.08. The lowest BCUT2D eigenvalue weighted by atomic mass is 10.1. The molecular weight excluding hydrogens is 214 g/mol. The molecule has 0 aliphatic carbocycles. The van der Waals surface area contributed by atoms with Crippen molar-refractivity contribution in [1.29, 1.82) is 0 Å². The molecule has 84 valence electrons. The smallest absolute Gasteiger partial charge is 0.208 e. The SMILES string of the molecule is COc1ccc(CCNS(C)(=O)=O)cc1. The second kappa shape index (κ2) is 5.14. The zero-order valence-corrected chi connectivity index (χ0v) is 9.67. The van der Waals surface area contributed by atoms with Gasteiger partial charge in [0.25, 0.3) is 0 Å². The number of methoxy groups -OCH3 is 1. The highest BCUT2D eigenvalue weighted by Crippen LogP contribution is 2.11. The van der Waals surface area contributed by atoms with Gasteiger partial charge in [0.1, 0.15) is 5.75 Å². The predicted octanol–water partition coefficient (Wildman–Crippen LogP) is 0.787. The molecule has 0 aliphatic rings. The molecule has 1 rings (SSSR count). The highest BCUT2D eigenvalue weighted by molar-refractivity contribution is 7.88. The fourth-order valence-corrected chi connectivity index (χ4v) is 1.65. The fraction of sp³-hybridized carbons (Fsp3) is 0.400. The van der Waals surface area contributed by atoms with Crippen LogP contribution in [0.1, 0.15) is 5.56 Å². The van der Waals surface area contributed by atoms with E-state index in [4.69, 9.17) is 4.74 Å². The van der Waals surface area contributed by atoms with Gasteiger partial charge in [0.05, 0.1) is 13.4 Å². The van der Waals surface area contributed by atoms with Crippen molar-refractivity contribution >= 4 is 10.0 Å². The van der Waals surface area contributed by atoms with Gasteiger partial charge < -0.3 is 4.74 Å². The highest BCUT2D eigenvalue weighted by Gasteiger charge is 2.00. The third kappa shape index (κ3) is 4.80. The van der Waals surface area contributed by atoms with Gasteiger partial charge in [-0.25, -0.2) is 13.1 Å². The average Bonchev–Trinajstić information content (AvgIpc) is 2.17. The maximum absolute atomic E-state index is 10.8. The van der Waals surface area contributed by atoms with Gasteiger partial charge in [-0.3, -0.25) is 0 Å². The van der Waals surface area contributed by atoms with Crippen LogP contribution in [0.15, 0.2) is 24.3 Å². The molecule has 0 aliphatic heterocycles. The molecule has 0 saturated carbocycles. The molecule has 0 atom stereocenters. The van der Waals surface area contributed by atoms with Crippen molar-refractivity contribution in [3.05, 3.63) is 29.8 Å². The Labute approximate surface area is 90.3 Å². The lowest BCUT2D eigenvalue weighted by molar-refractivity contribution is 0.414. The standard InChI is InChI=1S/C10H15NO3S/c1-14-10-5-3-9(4-6-10)7-8-11-15(2,12)13/h3-6,11H,7-8H2,1-2H3. The summed E-state index contributed by atoms with van der Waals surface area (Å²) in [4.78, 5) is 0. The van der Waals surface area contributed by atoms with E-state index in [9.17, 15) is 8.42 Å². The van der Waals surface area contributed by atoms with Gasteiger partial charge in [-0.2, -0.15) is 0 Å². The zero-order chi connectivity index (χ0) is 11.3. The minimum Gasteiger partial charge on any atom is -0.497 e. The molecule has 0 fully saturated rings. The molecule has 0 saturated heterocycles. The third-order valence-corrected chi connectivity index (χ3v) is 2.67. The van der Waals surface area contributed by atoms with E-state index in [1.807, 2.05) is 24.3 Å². The summed E-state index contributed by atoms with van der Waals surface area (Å²) in [6.45, 7) is 0.422. The Balaban J connectivity index is 2.45. The molecule has 0 spiro atoms. The van der Waals surface area contributed by atoms with Crippen LogP contribution in [0.5, 0.6) is 5.75 Å². The van der Waals surface area contributed by atoms with Crippen LogP contribution in [-0.4, -0.2) is 28.3 Å². The van der Waals surface area contributed by atoms with E-state index in [0.717, 1.165) is 17.6 Å². The first kappa shape index (κ1) is 12.0. The van der Waals surface area contributed by atoms with Crippen molar-refractivity contribution in [2.24, 2.45) is 0 Å². The molecule has 0 bridgehead atoms. The van der Waals surface area contributed by atoms with Crippen LogP contribution in [0.25, 0.3) is 0 Å². The summed E-state index contributed by atoms with van der Waals surface area (Å²) >= 11 is 0. The quantitative estimate of drug-likeness (QED) is 0.812. The maximum Gasteiger partial charge on any atom is 0.208 e. The molecule has 4 nitrogen and oxygen atoms in total. The number of sulfonamides is 1. The molecule has 0 aromatic heterocycles. The molecule has 0 heterocycles. The largest absolute Gasteiger partial charge is 0.497 e. The number of benzene rings is 1. The van der Waals surface area contributed by atoms with E-state index in [1.54, 1.807) is 7.11 Å². The lowest BCUT2D eigenvalue weighted by Crippen LogP contribution is -2.24. The van der Waals surface area contributed by atoms with E-state index in [2.05, 4.69) is 4.72 Å². The number of hydrogen-bond acceptors (Lipinski definition) is 3. The Morgan fingerprint density at radius 2 is 1.87 bits per heavy atom. The Kier molecular flexibility index (Phi) is 4.11. The van der Waals surface area contributed by atoms with Gasteiger partial charge in [0, 0.05) is 6.54 Å². The monoisotopic (exact) mass is 229 g/mol. The molecule has 0 unspecified atom stereocenters. The second-order valence-electron chi connectivity index (χ2n) is 3.26. The van der Waals surface area contributed by atoms with E-state index in [-0.39, 0.29) is 0 Å². The molecule has 5 heteroatoms. The molecule has 1 aromatic carbocycles. The molecule has 1 aromatic rings. The van der Waals surface area contributed by atoms with Crippen LogP contribution in [0.3, 0.4) is 0 Å². The zero-order valence-electron chi connectivity index (χ0n) is 8.86. The van der Waals surface area contributed by atoms with Crippen molar-refractivity contribution in [2.45, 2.75) is 6.42 Å². The second-order valence-corrected chi connectivity index (χ2v) is 5.10. The Morgan fingerprint density at radius 3 is 2.33 bits per heavy atom. The van der Waals surface area contributed by atoms with Gasteiger partial charge in [-0.15, -0.1) is 0 Å². The Morgan fingerprint density at radius 1 is 1.27 bits per heavy atom. The van der Waals surface area contributed by atoms with Crippen LogP contribution in [0.4, 0.5) is 0 Å². The number of nitrogens with one attached hydrogen (secondary N) is 1. The van der Waals surface area contributed by atoms with Crippen LogP contribution in [-0.2, 0) is 16.4 Å². The molecule has 0 amide bonds. The number of hydrogen-bond donors (Lipinski definition) is 1. The van der Waals surface area contributed by atoms with Crippen LogP contribution in [0.2, 0.25) is 0 Å². The molecular formula is C10H15NO3S. The highest BCUT2D eigenvalue weighted by atomic mass is 32.2. The van der Waals surface area contributed by atoms with E-state index < -0.39 is 10.0 Å². The van der Waals surface area contributed by atoms with Crippen molar-refractivity contribution in [2.75, 3.05) is 19.9 Å². The first-order valence-corrected chi connectivity index (χ1v) is 6.48. The fourth-order valence-electron chi connectivity index (χ4n) is 1.17. The molecule has 15 heavy (non-hydrogen) atoms. The summed E-state index contributed by atoms with van der Waals surface area (Å²) < 4.78 is 29.0. The van der Waals surface area contributed by atoms with E-state index >= 15 is 0 Å². The number of rotatable bonds is 5. The first-order chi connectivity index (χ1) is 7.01. The Hall–Kier alpha value is -1.07. The summed E-state index contributed by atoms with van der Waals surface area (Å²) in [6, 6.07) is 7.55. The summed E-state index contributed by atoms with van der Waals surface area (Å²) in [5.74, 6) is 0.801. The van der Waals surface area contributed by atoms with Gasteiger partial charge >= 0.3 is 0 Å². The van der Waals surface area contributed by atoms with Gasteiger partial charge in [-0.05, 0) is 24.1 Å². The van der Waals surface area contributed by atoms with Crippen LogP contribution >= 0.6 is 0 Å².